The molecule has 1 saturated heterocycles. The van der Waals surface area contributed by atoms with E-state index in [4.69, 9.17) is 5.26 Å². The van der Waals surface area contributed by atoms with E-state index < -0.39 is 53.0 Å². The van der Waals surface area contributed by atoms with Gasteiger partial charge in [0, 0.05) is 50.0 Å². The van der Waals surface area contributed by atoms with Gasteiger partial charge in [-0.25, -0.2) is 4.39 Å². The van der Waals surface area contributed by atoms with Crippen molar-refractivity contribution >= 4 is 29.3 Å². The number of piperazine rings is 1. The first-order valence-electron chi connectivity index (χ1n) is 16.4. The molecule has 4 unspecified atom stereocenters. The van der Waals surface area contributed by atoms with Gasteiger partial charge in [-0.05, 0) is 42.4 Å². The van der Waals surface area contributed by atoms with Crippen molar-refractivity contribution in [2.75, 3.05) is 38.5 Å². The zero-order valence-corrected chi connectivity index (χ0v) is 28.4. The molecule has 0 radical (unpaired) electrons. The average Bonchev–Trinajstić information content (AvgIpc) is 3.13. The third kappa shape index (κ3) is 8.87. The fourth-order valence-electron chi connectivity index (χ4n) is 5.73. The van der Waals surface area contributed by atoms with Crippen LogP contribution in [-0.2, 0) is 25.1 Å². The highest BCUT2D eigenvalue weighted by Gasteiger charge is 2.44. The fraction of sp³-hybridized carbons (Fsp3) is 0.378. The second-order valence-corrected chi connectivity index (χ2v) is 12.5. The smallest absolute Gasteiger partial charge is 0.344 e. The summed E-state index contributed by atoms with van der Waals surface area (Å²) in [6, 6.07) is 16.0. The van der Waals surface area contributed by atoms with E-state index in [0.717, 1.165) is 18.2 Å². The first kappa shape index (κ1) is 37.6. The van der Waals surface area contributed by atoms with Crippen LogP contribution in [-0.4, -0.2) is 78.7 Å². The van der Waals surface area contributed by atoms with Crippen LogP contribution in [0.1, 0.15) is 61.3 Å². The summed E-state index contributed by atoms with van der Waals surface area (Å²) in [5.41, 5.74) is -0.143. The van der Waals surface area contributed by atoms with Gasteiger partial charge < -0.3 is 25.8 Å². The average molecular weight is 691 g/mol. The Balaban J connectivity index is 1.58. The summed E-state index contributed by atoms with van der Waals surface area (Å²) in [5.74, 6) is -9.79. The number of nitriles is 1. The van der Waals surface area contributed by atoms with E-state index in [0.29, 0.717) is 37.3 Å². The van der Waals surface area contributed by atoms with Crippen LogP contribution in [0.15, 0.2) is 72.8 Å². The summed E-state index contributed by atoms with van der Waals surface area (Å²) in [7, 11) is 1.95. The van der Waals surface area contributed by atoms with Gasteiger partial charge in [0.15, 0.2) is 0 Å². The Hall–Kier alpha value is -5.22. The lowest BCUT2D eigenvalue weighted by molar-refractivity contribution is -0.149. The van der Waals surface area contributed by atoms with E-state index in [1.165, 1.54) is 24.3 Å². The quantitative estimate of drug-likeness (QED) is 0.257. The molecule has 0 bridgehead atoms. The molecule has 0 saturated carbocycles. The molecule has 1 aliphatic heterocycles. The maximum absolute atomic E-state index is 15.7. The van der Waals surface area contributed by atoms with Crippen LogP contribution < -0.4 is 16.0 Å². The maximum Gasteiger partial charge on any atom is 0.349 e. The molecular weight excluding hydrogens is 649 g/mol. The van der Waals surface area contributed by atoms with Gasteiger partial charge in [-0.2, -0.15) is 14.0 Å². The van der Waals surface area contributed by atoms with Crippen LogP contribution >= 0.6 is 0 Å². The first-order valence-corrected chi connectivity index (χ1v) is 16.4. The van der Waals surface area contributed by atoms with Gasteiger partial charge >= 0.3 is 5.92 Å². The van der Waals surface area contributed by atoms with Crippen molar-refractivity contribution in [1.29, 1.82) is 5.26 Å². The SMILES string of the molecule is CCC(=O)NC(C(=O)N1CCN(C)CC1)C(C)c1ccc(NC(=O)C(NC(=O)C(F)(F)c2cccc(C#N)c2)C(C)c2ccccc2)c(F)c1. The van der Waals surface area contributed by atoms with E-state index >= 15 is 13.2 Å². The molecule has 0 aliphatic carbocycles. The number of likely N-dealkylation sites (N-methyl/N-ethyl adjacent to an activating group) is 1. The number of amides is 4. The Bertz CT molecular complexity index is 1740. The van der Waals surface area contributed by atoms with Crippen molar-refractivity contribution in [2.24, 2.45) is 0 Å². The molecule has 4 atom stereocenters. The van der Waals surface area contributed by atoms with Gasteiger partial charge in [0.05, 0.1) is 17.3 Å². The number of benzene rings is 3. The van der Waals surface area contributed by atoms with Crippen molar-refractivity contribution in [1.82, 2.24) is 20.4 Å². The predicted octanol–water partition coefficient (Wildman–Crippen LogP) is 4.49. The molecule has 50 heavy (non-hydrogen) atoms. The fourth-order valence-corrected chi connectivity index (χ4v) is 5.73. The summed E-state index contributed by atoms with van der Waals surface area (Å²) < 4.78 is 46.4. The number of carbonyl (C=O) groups is 4. The zero-order valence-electron chi connectivity index (χ0n) is 28.4. The van der Waals surface area contributed by atoms with E-state index in [2.05, 4.69) is 20.9 Å². The Morgan fingerprint density at radius 1 is 0.860 bits per heavy atom. The standard InChI is InChI=1S/C37H41F3N6O4/c1-5-31(47)43-33(35(49)46-18-16-45(4)17-19-46)24(3)27-14-15-30(29(38)21-27)42-34(48)32(23(2)26-11-7-6-8-12-26)44-36(50)37(39,40)28-13-9-10-25(20-28)22-41/h6-15,20-21,23-24,32-33H,5,16-19H2,1-4H3,(H,42,48)(H,43,47)(H,44,50). The first-order chi connectivity index (χ1) is 23.8. The number of alkyl halides is 2. The number of hydrogen-bond donors (Lipinski definition) is 3. The molecule has 3 aromatic rings. The summed E-state index contributed by atoms with van der Waals surface area (Å²) in [5, 5.41) is 16.5. The minimum Gasteiger partial charge on any atom is -0.344 e. The molecule has 13 heteroatoms. The van der Waals surface area contributed by atoms with Crippen molar-refractivity contribution in [2.45, 2.75) is 57.0 Å². The number of rotatable bonds is 12. The molecular formula is C37H41F3N6O4. The molecule has 4 amide bonds. The summed E-state index contributed by atoms with van der Waals surface area (Å²) >= 11 is 0. The highest BCUT2D eigenvalue weighted by molar-refractivity contribution is 5.99. The van der Waals surface area contributed by atoms with E-state index in [1.807, 2.05) is 7.05 Å². The minimum absolute atomic E-state index is 0.0714. The van der Waals surface area contributed by atoms with E-state index in [9.17, 15) is 19.2 Å². The van der Waals surface area contributed by atoms with Crippen molar-refractivity contribution in [3.63, 3.8) is 0 Å². The van der Waals surface area contributed by atoms with Crippen LogP contribution in [0.4, 0.5) is 18.9 Å². The molecule has 1 fully saturated rings. The summed E-state index contributed by atoms with van der Waals surface area (Å²) in [6.45, 7) is 7.24. The Morgan fingerprint density at radius 2 is 1.52 bits per heavy atom. The van der Waals surface area contributed by atoms with Crippen molar-refractivity contribution in [3.05, 3.63) is 101 Å². The lowest BCUT2D eigenvalue weighted by Crippen LogP contribution is -2.55. The molecule has 10 nitrogen and oxygen atoms in total. The van der Waals surface area contributed by atoms with Crippen LogP contribution in [0.5, 0.6) is 0 Å². The molecule has 0 spiro atoms. The number of anilines is 1. The Kier molecular flexibility index (Phi) is 12.4. The van der Waals surface area contributed by atoms with Gasteiger partial charge in [0.1, 0.15) is 17.9 Å². The number of carbonyl (C=O) groups excluding carboxylic acids is 4. The Labute approximate surface area is 289 Å². The van der Waals surface area contributed by atoms with Crippen LogP contribution in [0.2, 0.25) is 0 Å². The van der Waals surface area contributed by atoms with Crippen molar-refractivity contribution in [3.8, 4) is 6.07 Å². The van der Waals surface area contributed by atoms with Crippen LogP contribution in [0.3, 0.4) is 0 Å². The van der Waals surface area contributed by atoms with Crippen LogP contribution in [0, 0.1) is 17.1 Å². The van der Waals surface area contributed by atoms with Crippen LogP contribution in [0.25, 0.3) is 0 Å². The molecule has 0 aromatic heterocycles. The number of halogens is 3. The monoisotopic (exact) mass is 690 g/mol. The second kappa shape index (κ2) is 16.5. The molecule has 1 aliphatic rings. The molecule has 1 heterocycles. The van der Waals surface area contributed by atoms with Gasteiger partial charge in [-0.1, -0.05) is 69.3 Å². The number of nitrogens with zero attached hydrogens (tertiary/aromatic N) is 3. The minimum atomic E-state index is -4.10. The maximum atomic E-state index is 15.7. The van der Waals surface area contributed by atoms with Gasteiger partial charge in [0.2, 0.25) is 17.7 Å². The molecule has 4 rings (SSSR count). The summed E-state index contributed by atoms with van der Waals surface area (Å²) in [6.07, 6.45) is 0.149. The number of hydrogen-bond acceptors (Lipinski definition) is 6. The normalized spacial score (nSPS) is 15.9. The zero-order chi connectivity index (χ0) is 36.6. The molecule has 3 N–H and O–H groups in total. The highest BCUT2D eigenvalue weighted by atomic mass is 19.3. The molecule has 3 aromatic carbocycles. The van der Waals surface area contributed by atoms with E-state index in [1.54, 1.807) is 62.1 Å². The summed E-state index contributed by atoms with van der Waals surface area (Å²) in [4.78, 5) is 56.4. The van der Waals surface area contributed by atoms with E-state index in [-0.39, 0.29) is 29.5 Å². The highest BCUT2D eigenvalue weighted by Crippen LogP contribution is 2.31. The Morgan fingerprint density at radius 3 is 2.14 bits per heavy atom. The lowest BCUT2D eigenvalue weighted by Gasteiger charge is -2.36. The van der Waals surface area contributed by atoms with Gasteiger partial charge in [-0.3, -0.25) is 19.2 Å². The third-order valence-corrected chi connectivity index (χ3v) is 9.03. The largest absolute Gasteiger partial charge is 0.349 e. The lowest BCUT2D eigenvalue weighted by atomic mass is 9.91. The number of nitrogens with one attached hydrogen (secondary N) is 3. The van der Waals surface area contributed by atoms with Crippen molar-refractivity contribution < 1.29 is 32.3 Å². The van der Waals surface area contributed by atoms with Gasteiger partial charge in [0.25, 0.3) is 5.91 Å². The predicted molar refractivity (Wildman–Crippen MR) is 182 cm³/mol. The molecule has 264 valence electrons. The third-order valence-electron chi connectivity index (χ3n) is 9.03. The second-order valence-electron chi connectivity index (χ2n) is 12.5. The topological polar surface area (TPSA) is 135 Å². The van der Waals surface area contributed by atoms with Gasteiger partial charge in [-0.15, -0.1) is 0 Å².